The molecule has 0 saturated carbocycles. The molecule has 0 radical (unpaired) electrons. The van der Waals surface area contributed by atoms with Gasteiger partial charge in [-0.3, -0.25) is 0 Å². The van der Waals surface area contributed by atoms with Crippen molar-refractivity contribution in [1.29, 1.82) is 0 Å². The number of carbonyl (C=O) groups excluding carboxylic acids is 1. The van der Waals surface area contributed by atoms with Gasteiger partial charge in [0, 0.05) is 8.59 Å². The quantitative estimate of drug-likeness (QED) is 0.291. The lowest BCUT2D eigenvalue weighted by Gasteiger charge is -2.13. The fraction of sp³-hybridized carbons (Fsp3) is 0.133. The van der Waals surface area contributed by atoms with Gasteiger partial charge in [-0.15, -0.1) is 0 Å². The highest BCUT2D eigenvalue weighted by molar-refractivity contribution is 14.1. The minimum absolute atomic E-state index is 0.0515. The molecule has 0 aliphatic carbocycles. The molecule has 2 aromatic rings. The molecule has 2 rings (SSSR count). The van der Waals surface area contributed by atoms with E-state index < -0.39 is 16.1 Å². The Labute approximate surface area is 172 Å². The van der Waals surface area contributed by atoms with Crippen molar-refractivity contribution in [2.45, 2.75) is 11.8 Å². The van der Waals surface area contributed by atoms with Crippen LogP contribution in [0.2, 0.25) is 5.02 Å². The summed E-state index contributed by atoms with van der Waals surface area (Å²) in [6, 6.07) is 8.79. The maximum Gasteiger partial charge on any atom is 0.342 e. The summed E-state index contributed by atoms with van der Waals surface area (Å²) in [4.78, 5) is 12.1. The second-order valence-electron chi connectivity index (χ2n) is 4.48. The molecule has 0 unspecified atom stereocenters. The first kappa shape index (κ1) is 19.7. The van der Waals surface area contributed by atoms with Crippen LogP contribution in [0.5, 0.6) is 5.75 Å². The van der Waals surface area contributed by atoms with Gasteiger partial charge in [-0.1, -0.05) is 11.6 Å². The zero-order valence-electron chi connectivity index (χ0n) is 12.3. The van der Waals surface area contributed by atoms with Crippen LogP contribution in [0, 0.1) is 7.14 Å². The topological polar surface area (TPSA) is 69.7 Å². The zero-order chi connectivity index (χ0) is 17.9. The van der Waals surface area contributed by atoms with E-state index in [1.165, 1.54) is 30.3 Å². The molecule has 0 amide bonds. The van der Waals surface area contributed by atoms with E-state index in [-0.39, 0.29) is 22.8 Å². The lowest BCUT2D eigenvalue weighted by Crippen LogP contribution is -2.15. The third-order valence-corrected chi connectivity index (χ3v) is 5.71. The molecule has 9 heteroatoms. The molecular formula is C15H11ClI2O5S. The van der Waals surface area contributed by atoms with Crippen molar-refractivity contribution in [3.05, 3.63) is 54.1 Å². The third kappa shape index (κ3) is 4.73. The molecule has 0 spiro atoms. The molecule has 0 fully saturated rings. The highest BCUT2D eigenvalue weighted by atomic mass is 127. The highest BCUT2D eigenvalue weighted by Gasteiger charge is 2.24. The Morgan fingerprint density at radius 1 is 1.17 bits per heavy atom. The van der Waals surface area contributed by atoms with Gasteiger partial charge in [0.1, 0.15) is 10.5 Å². The molecule has 0 saturated heterocycles. The van der Waals surface area contributed by atoms with Crippen LogP contribution in [-0.4, -0.2) is 21.0 Å². The number of carbonyl (C=O) groups is 1. The van der Waals surface area contributed by atoms with Gasteiger partial charge in [0.15, 0.2) is 5.75 Å². The molecule has 0 N–H and O–H groups in total. The molecule has 128 valence electrons. The Balaban J connectivity index is 2.48. The average Bonchev–Trinajstić information content (AvgIpc) is 2.50. The van der Waals surface area contributed by atoms with Gasteiger partial charge in [-0.25, -0.2) is 4.79 Å². The molecule has 0 bridgehead atoms. The predicted octanol–water partition coefficient (Wildman–Crippen LogP) is 4.49. The van der Waals surface area contributed by atoms with E-state index in [9.17, 15) is 13.2 Å². The summed E-state index contributed by atoms with van der Waals surface area (Å²) < 4.78 is 36.4. The van der Waals surface area contributed by atoms with Gasteiger partial charge in [0.2, 0.25) is 0 Å². The van der Waals surface area contributed by atoms with E-state index in [1.54, 1.807) is 13.0 Å². The summed E-state index contributed by atoms with van der Waals surface area (Å²) in [5, 5.41) is 0.407. The third-order valence-electron chi connectivity index (χ3n) is 2.80. The van der Waals surface area contributed by atoms with Crippen LogP contribution in [0.4, 0.5) is 0 Å². The summed E-state index contributed by atoms with van der Waals surface area (Å²) in [5.74, 6) is -0.695. The second kappa shape index (κ2) is 8.19. The molecule has 0 aliphatic heterocycles. The van der Waals surface area contributed by atoms with Gasteiger partial charge < -0.3 is 8.92 Å². The number of hydrogen-bond acceptors (Lipinski definition) is 5. The summed E-state index contributed by atoms with van der Waals surface area (Å²) >= 11 is 9.71. The Morgan fingerprint density at radius 3 is 2.38 bits per heavy atom. The first-order valence-electron chi connectivity index (χ1n) is 6.61. The molecule has 0 aliphatic rings. The van der Waals surface area contributed by atoms with E-state index in [0.717, 1.165) is 3.57 Å². The van der Waals surface area contributed by atoms with Crippen molar-refractivity contribution in [2.24, 2.45) is 0 Å². The monoisotopic (exact) mass is 592 g/mol. The number of ether oxygens (including phenoxy) is 1. The van der Waals surface area contributed by atoms with Gasteiger partial charge in [0.25, 0.3) is 0 Å². The van der Waals surface area contributed by atoms with Crippen LogP contribution < -0.4 is 4.18 Å². The Morgan fingerprint density at radius 2 is 1.79 bits per heavy atom. The second-order valence-corrected chi connectivity index (χ2v) is 8.87. The fourth-order valence-electron chi connectivity index (χ4n) is 1.76. The van der Waals surface area contributed by atoms with Crippen molar-refractivity contribution < 1.29 is 22.1 Å². The van der Waals surface area contributed by atoms with E-state index in [4.69, 9.17) is 20.5 Å². The van der Waals surface area contributed by atoms with Crippen molar-refractivity contribution in [2.75, 3.05) is 6.61 Å². The van der Waals surface area contributed by atoms with Crippen LogP contribution >= 0.6 is 56.8 Å². The Hall–Kier alpha value is -0.590. The first-order valence-corrected chi connectivity index (χ1v) is 10.5. The lowest BCUT2D eigenvalue weighted by molar-refractivity contribution is 0.0524. The van der Waals surface area contributed by atoms with E-state index in [0.29, 0.717) is 8.59 Å². The molecule has 0 atom stereocenters. The maximum absolute atomic E-state index is 12.5. The van der Waals surface area contributed by atoms with Crippen molar-refractivity contribution in [3.63, 3.8) is 0 Å². The molecular weight excluding hydrogens is 581 g/mol. The maximum atomic E-state index is 12.5. The zero-order valence-corrected chi connectivity index (χ0v) is 18.1. The standard InChI is InChI=1S/C15H11ClI2O5S/c1-2-22-15(19)12-7-10(17)8-13(18)14(12)23-24(20,21)11-5-3-9(16)4-6-11/h3-8H,2H2,1H3. The number of rotatable bonds is 5. The normalized spacial score (nSPS) is 11.2. The highest BCUT2D eigenvalue weighted by Crippen LogP contribution is 2.31. The largest absolute Gasteiger partial charge is 0.462 e. The van der Waals surface area contributed by atoms with Crippen LogP contribution in [0.25, 0.3) is 0 Å². The van der Waals surface area contributed by atoms with Gasteiger partial charge >= 0.3 is 16.1 Å². The van der Waals surface area contributed by atoms with Crippen LogP contribution in [0.15, 0.2) is 41.3 Å². The smallest absolute Gasteiger partial charge is 0.342 e. The summed E-state index contributed by atoms with van der Waals surface area (Å²) in [7, 11) is -4.11. The van der Waals surface area contributed by atoms with Crippen LogP contribution in [0.1, 0.15) is 17.3 Å². The Bertz CT molecular complexity index is 866. The summed E-state index contributed by atoms with van der Waals surface area (Å²) in [5.41, 5.74) is 0.0608. The fourth-order valence-corrected chi connectivity index (χ4v) is 4.96. The van der Waals surface area contributed by atoms with Crippen molar-refractivity contribution in [1.82, 2.24) is 0 Å². The van der Waals surface area contributed by atoms with Gasteiger partial charge in [0.05, 0.1) is 10.2 Å². The van der Waals surface area contributed by atoms with Gasteiger partial charge in [-0.2, -0.15) is 8.42 Å². The number of benzene rings is 2. The SMILES string of the molecule is CCOC(=O)c1cc(I)cc(I)c1OS(=O)(=O)c1ccc(Cl)cc1. The molecule has 5 nitrogen and oxygen atoms in total. The molecule has 0 heterocycles. The summed E-state index contributed by atoms with van der Waals surface area (Å²) in [6.07, 6.45) is 0. The van der Waals surface area contributed by atoms with Crippen LogP contribution in [-0.2, 0) is 14.9 Å². The summed E-state index contributed by atoms with van der Waals surface area (Å²) in [6.45, 7) is 1.84. The van der Waals surface area contributed by atoms with E-state index in [1.807, 2.05) is 45.2 Å². The lowest BCUT2D eigenvalue weighted by atomic mass is 10.2. The molecule has 0 aromatic heterocycles. The minimum atomic E-state index is -4.11. The first-order chi connectivity index (χ1) is 11.2. The average molecular weight is 593 g/mol. The number of hydrogen-bond donors (Lipinski definition) is 0. The molecule has 2 aromatic carbocycles. The predicted molar refractivity (Wildman–Crippen MR) is 107 cm³/mol. The molecule has 24 heavy (non-hydrogen) atoms. The minimum Gasteiger partial charge on any atom is -0.462 e. The van der Waals surface area contributed by atoms with Crippen LogP contribution in [0.3, 0.4) is 0 Å². The number of halogens is 3. The number of esters is 1. The van der Waals surface area contributed by atoms with Crippen molar-refractivity contribution in [3.8, 4) is 5.75 Å². The van der Waals surface area contributed by atoms with Gasteiger partial charge in [-0.05, 0) is 88.5 Å². The Kier molecular flexibility index (Phi) is 6.74. The van der Waals surface area contributed by atoms with Crippen molar-refractivity contribution >= 4 is 72.9 Å². The van der Waals surface area contributed by atoms with E-state index >= 15 is 0 Å². The van der Waals surface area contributed by atoms with E-state index in [2.05, 4.69) is 0 Å².